The minimum Gasteiger partial charge on any atom is -0.454 e. The van der Waals surface area contributed by atoms with E-state index in [1.807, 2.05) is 36.1 Å². The molecule has 7 heteroatoms. The molecule has 0 atom stereocenters. The summed E-state index contributed by atoms with van der Waals surface area (Å²) in [5, 5.41) is 0. The number of likely N-dealkylation sites (N-methyl/N-ethyl adjacent to an activating group) is 1. The molecule has 146 valence electrons. The van der Waals surface area contributed by atoms with Gasteiger partial charge in [-0.15, -0.1) is 11.8 Å². The van der Waals surface area contributed by atoms with Gasteiger partial charge in [-0.1, -0.05) is 31.4 Å². The molecular weight excluding hydrogens is 364 g/mol. The summed E-state index contributed by atoms with van der Waals surface area (Å²) in [7, 11) is 0. The highest BCUT2D eigenvalue weighted by atomic mass is 32.2. The van der Waals surface area contributed by atoms with Gasteiger partial charge in [-0.3, -0.25) is 19.3 Å². The largest absolute Gasteiger partial charge is 0.454 e. The van der Waals surface area contributed by atoms with Crippen molar-refractivity contribution in [2.45, 2.75) is 50.0 Å². The second-order valence-corrected chi connectivity index (χ2v) is 7.89. The highest BCUT2D eigenvalue weighted by Crippen LogP contribution is 2.34. The number of esters is 1. The molecule has 0 spiro atoms. The molecule has 1 fully saturated rings. The Labute approximate surface area is 164 Å². The number of benzene rings is 1. The molecule has 6 nitrogen and oxygen atoms in total. The van der Waals surface area contributed by atoms with Crippen LogP contribution in [0.1, 0.15) is 39.0 Å². The molecule has 1 aliphatic carbocycles. The minimum absolute atomic E-state index is 0.126. The predicted octanol–water partition coefficient (Wildman–Crippen LogP) is 2.85. The van der Waals surface area contributed by atoms with Crippen LogP contribution in [-0.4, -0.2) is 54.2 Å². The standard InChI is InChI=1S/C20H26N2O4S/c1-2-21(15-8-4-3-5-9-15)18(23)13-26-20(25)12-22-16-10-6-7-11-17(16)27-14-19(22)24/h6-7,10-11,15H,2-5,8-9,12-14H2,1H3. The van der Waals surface area contributed by atoms with E-state index < -0.39 is 5.97 Å². The van der Waals surface area contributed by atoms with Gasteiger partial charge >= 0.3 is 5.97 Å². The Balaban J connectivity index is 1.55. The molecule has 1 heterocycles. The number of amides is 2. The van der Waals surface area contributed by atoms with Gasteiger partial charge in [0.1, 0.15) is 6.54 Å². The molecular formula is C20H26N2O4S. The van der Waals surface area contributed by atoms with Gasteiger partial charge in [-0.25, -0.2) is 0 Å². The van der Waals surface area contributed by atoms with Crippen LogP contribution in [0.2, 0.25) is 0 Å². The van der Waals surface area contributed by atoms with Crippen molar-refractivity contribution in [2.75, 3.05) is 30.3 Å². The Kier molecular flexibility index (Phi) is 6.77. The normalized spacial score (nSPS) is 17.4. The molecule has 2 aliphatic rings. The third-order valence-corrected chi connectivity index (χ3v) is 6.18. The lowest BCUT2D eigenvalue weighted by Crippen LogP contribution is -2.44. The summed E-state index contributed by atoms with van der Waals surface area (Å²) in [4.78, 5) is 41.2. The van der Waals surface area contributed by atoms with Gasteiger partial charge in [0.05, 0.1) is 11.4 Å². The molecule has 1 aromatic rings. The van der Waals surface area contributed by atoms with E-state index in [2.05, 4.69) is 0 Å². The SMILES string of the molecule is CCN(C(=O)COC(=O)CN1C(=O)CSc2ccccc21)C1CCCCC1. The van der Waals surface area contributed by atoms with Crippen molar-refractivity contribution in [3.05, 3.63) is 24.3 Å². The first kappa shape index (κ1) is 19.7. The number of ether oxygens (including phenoxy) is 1. The van der Waals surface area contributed by atoms with Crippen LogP contribution in [0, 0.1) is 0 Å². The molecule has 0 saturated heterocycles. The van der Waals surface area contributed by atoms with E-state index in [0.717, 1.165) is 36.3 Å². The molecule has 1 aromatic carbocycles. The van der Waals surface area contributed by atoms with Crippen LogP contribution in [0.3, 0.4) is 0 Å². The first-order valence-electron chi connectivity index (χ1n) is 9.57. The number of carbonyl (C=O) groups excluding carboxylic acids is 3. The van der Waals surface area contributed by atoms with Crippen molar-refractivity contribution < 1.29 is 19.1 Å². The van der Waals surface area contributed by atoms with E-state index in [1.165, 1.54) is 23.1 Å². The third-order valence-electron chi connectivity index (χ3n) is 5.13. The number of fused-ring (bicyclic) bond motifs is 1. The Morgan fingerprint density at radius 2 is 1.96 bits per heavy atom. The lowest BCUT2D eigenvalue weighted by Gasteiger charge is -2.33. The van der Waals surface area contributed by atoms with Crippen LogP contribution < -0.4 is 4.90 Å². The van der Waals surface area contributed by atoms with Crippen molar-refractivity contribution in [3.63, 3.8) is 0 Å². The second-order valence-electron chi connectivity index (χ2n) is 6.87. The van der Waals surface area contributed by atoms with E-state index in [0.29, 0.717) is 12.3 Å². The fourth-order valence-electron chi connectivity index (χ4n) is 3.76. The Bertz CT molecular complexity index is 703. The molecule has 0 radical (unpaired) electrons. The van der Waals surface area contributed by atoms with Crippen LogP contribution in [0.15, 0.2) is 29.2 Å². The van der Waals surface area contributed by atoms with Gasteiger partial charge in [0.15, 0.2) is 6.61 Å². The topological polar surface area (TPSA) is 66.9 Å². The lowest BCUT2D eigenvalue weighted by atomic mass is 9.94. The van der Waals surface area contributed by atoms with Crippen LogP contribution in [0.25, 0.3) is 0 Å². The zero-order chi connectivity index (χ0) is 19.2. The van der Waals surface area contributed by atoms with Gasteiger partial charge in [0, 0.05) is 17.5 Å². The molecule has 0 bridgehead atoms. The number of hydrogen-bond acceptors (Lipinski definition) is 5. The summed E-state index contributed by atoms with van der Waals surface area (Å²) >= 11 is 1.46. The number of rotatable bonds is 6. The molecule has 3 rings (SSSR count). The zero-order valence-corrected chi connectivity index (χ0v) is 16.5. The fourth-order valence-corrected chi connectivity index (χ4v) is 4.69. The number of para-hydroxylation sites is 1. The predicted molar refractivity (Wildman–Crippen MR) is 105 cm³/mol. The Morgan fingerprint density at radius 1 is 1.22 bits per heavy atom. The average molecular weight is 391 g/mol. The number of anilines is 1. The van der Waals surface area contributed by atoms with E-state index in [-0.39, 0.29) is 31.0 Å². The molecule has 2 amide bonds. The minimum atomic E-state index is -0.557. The maximum Gasteiger partial charge on any atom is 0.326 e. The van der Waals surface area contributed by atoms with Crippen molar-refractivity contribution in [1.29, 1.82) is 0 Å². The smallest absolute Gasteiger partial charge is 0.326 e. The third kappa shape index (κ3) is 4.83. The zero-order valence-electron chi connectivity index (χ0n) is 15.7. The molecule has 0 N–H and O–H groups in total. The second kappa shape index (κ2) is 9.26. The summed E-state index contributed by atoms with van der Waals surface area (Å²) < 4.78 is 5.21. The average Bonchev–Trinajstić information content (AvgIpc) is 2.70. The van der Waals surface area contributed by atoms with E-state index in [4.69, 9.17) is 4.74 Å². The summed E-state index contributed by atoms with van der Waals surface area (Å²) in [5.74, 6) is -0.537. The highest BCUT2D eigenvalue weighted by molar-refractivity contribution is 8.00. The van der Waals surface area contributed by atoms with Crippen LogP contribution in [0.5, 0.6) is 0 Å². The van der Waals surface area contributed by atoms with Crippen molar-refractivity contribution in [1.82, 2.24) is 4.90 Å². The van der Waals surface area contributed by atoms with Crippen LogP contribution >= 0.6 is 11.8 Å². The first-order chi connectivity index (χ1) is 13.1. The monoisotopic (exact) mass is 390 g/mol. The number of thioether (sulfide) groups is 1. The fraction of sp³-hybridized carbons (Fsp3) is 0.550. The number of hydrogen-bond donors (Lipinski definition) is 0. The molecule has 27 heavy (non-hydrogen) atoms. The van der Waals surface area contributed by atoms with E-state index in [1.54, 1.807) is 0 Å². The van der Waals surface area contributed by atoms with E-state index in [9.17, 15) is 14.4 Å². The van der Waals surface area contributed by atoms with Gasteiger partial charge in [0.2, 0.25) is 5.91 Å². The molecule has 1 saturated carbocycles. The van der Waals surface area contributed by atoms with E-state index >= 15 is 0 Å². The highest BCUT2D eigenvalue weighted by Gasteiger charge is 2.28. The summed E-state index contributed by atoms with van der Waals surface area (Å²) in [6.07, 6.45) is 5.54. The van der Waals surface area contributed by atoms with Crippen molar-refractivity contribution in [2.24, 2.45) is 0 Å². The van der Waals surface area contributed by atoms with Gasteiger partial charge in [-0.05, 0) is 31.9 Å². The first-order valence-corrected chi connectivity index (χ1v) is 10.6. The van der Waals surface area contributed by atoms with Crippen LogP contribution in [0.4, 0.5) is 5.69 Å². The maximum atomic E-state index is 12.5. The quantitative estimate of drug-likeness (QED) is 0.699. The molecule has 1 aliphatic heterocycles. The molecule has 0 unspecified atom stereocenters. The summed E-state index contributed by atoms with van der Waals surface area (Å²) in [6, 6.07) is 7.74. The Morgan fingerprint density at radius 3 is 2.70 bits per heavy atom. The van der Waals surface area contributed by atoms with Crippen molar-refractivity contribution >= 4 is 35.2 Å². The van der Waals surface area contributed by atoms with Gasteiger partial charge < -0.3 is 9.64 Å². The van der Waals surface area contributed by atoms with Crippen molar-refractivity contribution in [3.8, 4) is 0 Å². The summed E-state index contributed by atoms with van der Waals surface area (Å²) in [5.41, 5.74) is 0.722. The Hall–Kier alpha value is -2.02. The number of nitrogens with zero attached hydrogens (tertiary/aromatic N) is 2. The van der Waals surface area contributed by atoms with Gasteiger partial charge in [-0.2, -0.15) is 0 Å². The lowest BCUT2D eigenvalue weighted by molar-refractivity contribution is -0.152. The van der Waals surface area contributed by atoms with Gasteiger partial charge in [0.25, 0.3) is 5.91 Å². The molecule has 0 aromatic heterocycles. The number of carbonyl (C=O) groups is 3. The maximum absolute atomic E-state index is 12.5. The summed E-state index contributed by atoms with van der Waals surface area (Å²) in [6.45, 7) is 2.15. The van der Waals surface area contributed by atoms with Crippen LogP contribution in [-0.2, 0) is 19.1 Å².